The van der Waals surface area contributed by atoms with E-state index in [4.69, 9.17) is 0 Å². The maximum Gasteiger partial charge on any atom is 0.254 e. The third-order valence-corrected chi connectivity index (χ3v) is 6.30. The molecule has 1 aliphatic rings. The number of fused-ring (bicyclic) bond motifs is 1. The van der Waals surface area contributed by atoms with Gasteiger partial charge in [-0.2, -0.15) is 5.10 Å². The number of hydrogen-bond acceptors (Lipinski definition) is 4. The van der Waals surface area contributed by atoms with Gasteiger partial charge in [0.05, 0.1) is 17.1 Å². The van der Waals surface area contributed by atoms with E-state index >= 15 is 0 Å². The normalized spacial score (nSPS) is 14.7. The molecule has 168 valence electrons. The molecule has 2 aromatic heterocycles. The molecular formula is C26H26FN5O. The maximum atomic E-state index is 14.4. The van der Waals surface area contributed by atoms with Crippen molar-refractivity contribution in [3.05, 3.63) is 89.0 Å². The van der Waals surface area contributed by atoms with Crippen LogP contribution < -0.4 is 0 Å². The van der Waals surface area contributed by atoms with Gasteiger partial charge >= 0.3 is 0 Å². The van der Waals surface area contributed by atoms with Crippen molar-refractivity contribution in [1.82, 2.24) is 24.6 Å². The van der Waals surface area contributed by atoms with Crippen LogP contribution in [0.25, 0.3) is 16.7 Å². The van der Waals surface area contributed by atoms with Gasteiger partial charge in [-0.1, -0.05) is 36.4 Å². The number of aromatic nitrogens is 3. The molecule has 0 saturated carbocycles. The minimum absolute atomic E-state index is 0.0332. The predicted octanol–water partition coefficient (Wildman–Crippen LogP) is 4.13. The van der Waals surface area contributed by atoms with Gasteiger partial charge in [0.1, 0.15) is 11.5 Å². The molecule has 0 spiro atoms. The predicted molar refractivity (Wildman–Crippen MR) is 126 cm³/mol. The molecule has 0 bridgehead atoms. The van der Waals surface area contributed by atoms with Gasteiger partial charge in [0.2, 0.25) is 0 Å². The minimum atomic E-state index is -0.386. The van der Waals surface area contributed by atoms with Crippen molar-refractivity contribution < 1.29 is 9.18 Å². The van der Waals surface area contributed by atoms with E-state index in [0.717, 1.165) is 19.6 Å². The Morgan fingerprint density at radius 3 is 2.48 bits per heavy atom. The molecule has 0 unspecified atom stereocenters. The van der Waals surface area contributed by atoms with E-state index in [1.54, 1.807) is 30.5 Å². The lowest BCUT2D eigenvalue weighted by Crippen LogP contribution is -2.48. The fraction of sp³-hybridized carbons (Fsp3) is 0.269. The first kappa shape index (κ1) is 21.3. The van der Waals surface area contributed by atoms with Crippen molar-refractivity contribution in [2.75, 3.05) is 26.2 Å². The Morgan fingerprint density at radius 1 is 1.00 bits per heavy atom. The summed E-state index contributed by atoms with van der Waals surface area (Å²) in [5, 5.41) is 4.99. The number of benzene rings is 2. The van der Waals surface area contributed by atoms with E-state index in [0.29, 0.717) is 41.1 Å². The van der Waals surface area contributed by atoms with Crippen molar-refractivity contribution in [2.45, 2.75) is 20.4 Å². The smallest absolute Gasteiger partial charge is 0.254 e. The summed E-state index contributed by atoms with van der Waals surface area (Å²) in [6.45, 7) is 7.83. The Morgan fingerprint density at radius 2 is 1.73 bits per heavy atom. The zero-order chi connectivity index (χ0) is 22.9. The van der Waals surface area contributed by atoms with Crippen LogP contribution in [0.5, 0.6) is 0 Å². The Balaban J connectivity index is 1.37. The van der Waals surface area contributed by atoms with Crippen LogP contribution in [-0.2, 0) is 6.54 Å². The molecule has 4 aromatic rings. The van der Waals surface area contributed by atoms with Gasteiger partial charge in [0.25, 0.3) is 5.91 Å². The second-order valence-electron chi connectivity index (χ2n) is 8.55. The van der Waals surface area contributed by atoms with Crippen molar-refractivity contribution >= 4 is 16.9 Å². The number of hydrogen-bond donors (Lipinski definition) is 0. The van der Waals surface area contributed by atoms with Crippen LogP contribution in [0.15, 0.2) is 60.8 Å². The Labute approximate surface area is 192 Å². The highest BCUT2D eigenvalue weighted by Gasteiger charge is 2.25. The van der Waals surface area contributed by atoms with E-state index in [2.05, 4.69) is 46.2 Å². The van der Waals surface area contributed by atoms with Crippen molar-refractivity contribution in [3.8, 4) is 5.69 Å². The summed E-state index contributed by atoms with van der Waals surface area (Å²) >= 11 is 0. The molecule has 0 aliphatic carbocycles. The first-order valence-corrected chi connectivity index (χ1v) is 11.2. The standard InChI is InChI=1S/C26H26FN5O/c1-18-7-3-4-8-20(18)17-30-11-13-31(14-12-30)26(33)21-15-19(2)29-25-22(21)16-28-32(25)24-10-6-5-9-23(24)27/h3-10,15-16H,11-14,17H2,1-2H3. The minimum Gasteiger partial charge on any atom is -0.336 e. The molecule has 0 atom stereocenters. The van der Waals surface area contributed by atoms with Crippen LogP contribution in [0.2, 0.25) is 0 Å². The third kappa shape index (κ3) is 4.12. The monoisotopic (exact) mass is 443 g/mol. The summed E-state index contributed by atoms with van der Waals surface area (Å²) in [5.41, 5.74) is 4.67. The maximum absolute atomic E-state index is 14.4. The van der Waals surface area contributed by atoms with Crippen LogP contribution in [0, 0.1) is 19.7 Å². The van der Waals surface area contributed by atoms with Crippen molar-refractivity contribution in [1.29, 1.82) is 0 Å². The molecule has 33 heavy (non-hydrogen) atoms. The molecule has 1 saturated heterocycles. The van der Waals surface area contributed by atoms with E-state index in [-0.39, 0.29) is 11.7 Å². The highest BCUT2D eigenvalue weighted by molar-refractivity contribution is 6.05. The second-order valence-corrected chi connectivity index (χ2v) is 8.55. The molecule has 1 aliphatic heterocycles. The van der Waals surface area contributed by atoms with Crippen LogP contribution in [-0.4, -0.2) is 56.7 Å². The third-order valence-electron chi connectivity index (χ3n) is 6.30. The summed E-state index contributed by atoms with van der Waals surface area (Å²) in [5.74, 6) is -0.419. The number of nitrogens with zero attached hydrogens (tertiary/aromatic N) is 5. The fourth-order valence-corrected chi connectivity index (χ4v) is 4.41. The van der Waals surface area contributed by atoms with Crippen LogP contribution in [0.3, 0.4) is 0 Å². The average Bonchev–Trinajstić information content (AvgIpc) is 3.24. The molecule has 1 fully saturated rings. The summed E-state index contributed by atoms with van der Waals surface area (Å²) < 4.78 is 15.8. The Bertz CT molecular complexity index is 1320. The molecule has 6 nitrogen and oxygen atoms in total. The lowest BCUT2D eigenvalue weighted by molar-refractivity contribution is 0.0630. The Hall–Kier alpha value is -3.58. The fourth-order valence-electron chi connectivity index (χ4n) is 4.41. The van der Waals surface area contributed by atoms with Gasteiger partial charge in [-0.05, 0) is 43.2 Å². The zero-order valence-corrected chi connectivity index (χ0v) is 18.8. The molecule has 0 N–H and O–H groups in total. The Kier molecular flexibility index (Phi) is 5.64. The van der Waals surface area contributed by atoms with Gasteiger partial charge < -0.3 is 4.90 Å². The molecule has 7 heteroatoms. The summed E-state index contributed by atoms with van der Waals surface area (Å²) in [6, 6.07) is 16.7. The highest BCUT2D eigenvalue weighted by atomic mass is 19.1. The SMILES string of the molecule is Cc1cc(C(=O)N2CCN(Cc3ccccc3C)CC2)c2cnn(-c3ccccc3F)c2n1. The number of piperazine rings is 1. The topological polar surface area (TPSA) is 54.3 Å². The molecule has 2 aromatic carbocycles. The molecule has 1 amide bonds. The molecule has 0 radical (unpaired) electrons. The summed E-state index contributed by atoms with van der Waals surface area (Å²) in [4.78, 5) is 22.3. The van der Waals surface area contributed by atoms with Crippen LogP contribution >= 0.6 is 0 Å². The lowest BCUT2D eigenvalue weighted by Gasteiger charge is -2.35. The number of carbonyl (C=O) groups excluding carboxylic acids is 1. The van der Waals surface area contributed by atoms with Gasteiger partial charge in [0.15, 0.2) is 5.65 Å². The van der Waals surface area contributed by atoms with Crippen molar-refractivity contribution in [3.63, 3.8) is 0 Å². The highest BCUT2D eigenvalue weighted by Crippen LogP contribution is 2.24. The van der Waals surface area contributed by atoms with Crippen LogP contribution in [0.1, 0.15) is 27.2 Å². The van der Waals surface area contributed by atoms with Gasteiger partial charge in [-0.3, -0.25) is 9.69 Å². The number of amides is 1. The summed E-state index contributed by atoms with van der Waals surface area (Å²) in [6.07, 6.45) is 1.61. The number of carbonyl (C=O) groups is 1. The number of halogens is 1. The van der Waals surface area contributed by atoms with E-state index in [9.17, 15) is 9.18 Å². The lowest BCUT2D eigenvalue weighted by atomic mass is 10.1. The molecule has 3 heterocycles. The number of aryl methyl sites for hydroxylation is 2. The number of para-hydroxylation sites is 1. The van der Waals surface area contributed by atoms with E-state index < -0.39 is 0 Å². The van der Waals surface area contributed by atoms with E-state index in [1.165, 1.54) is 21.9 Å². The van der Waals surface area contributed by atoms with Crippen molar-refractivity contribution in [2.24, 2.45) is 0 Å². The van der Waals surface area contributed by atoms with Gasteiger partial charge in [-0.25, -0.2) is 14.1 Å². The van der Waals surface area contributed by atoms with Gasteiger partial charge in [0, 0.05) is 38.4 Å². The van der Waals surface area contributed by atoms with Gasteiger partial charge in [-0.15, -0.1) is 0 Å². The van der Waals surface area contributed by atoms with Crippen LogP contribution in [0.4, 0.5) is 4.39 Å². The first-order valence-electron chi connectivity index (χ1n) is 11.2. The number of rotatable bonds is 4. The second kappa shape index (κ2) is 8.75. The van der Waals surface area contributed by atoms with E-state index in [1.807, 2.05) is 11.8 Å². The molecular weight excluding hydrogens is 417 g/mol. The largest absolute Gasteiger partial charge is 0.336 e. The average molecular weight is 444 g/mol. The summed E-state index contributed by atoms with van der Waals surface area (Å²) in [7, 11) is 0. The zero-order valence-electron chi connectivity index (χ0n) is 18.8. The molecule has 5 rings (SSSR count). The number of pyridine rings is 1. The quantitative estimate of drug-likeness (QED) is 0.476. The first-order chi connectivity index (χ1) is 16.0.